The summed E-state index contributed by atoms with van der Waals surface area (Å²) in [6, 6.07) is 13.8. The van der Waals surface area contributed by atoms with E-state index in [1.807, 2.05) is 36.4 Å². The Morgan fingerprint density at radius 3 is 2.75 bits per heavy atom. The van der Waals surface area contributed by atoms with Gasteiger partial charge in [0, 0.05) is 9.50 Å². The summed E-state index contributed by atoms with van der Waals surface area (Å²) in [6.45, 7) is 1.19. The highest BCUT2D eigenvalue weighted by Gasteiger charge is 2.05. The topological polar surface area (TPSA) is 35.2 Å². The largest absolute Gasteiger partial charge is 0.489 e. The molecule has 2 rings (SSSR count). The Bertz CT molecular complexity index is 574. The Hall–Kier alpha value is -1.03. The molecule has 2 nitrogen and oxygen atoms in total. The van der Waals surface area contributed by atoms with Crippen LogP contribution in [0.25, 0.3) is 0 Å². The molecule has 0 aliphatic carbocycles. The van der Waals surface area contributed by atoms with Gasteiger partial charge >= 0.3 is 0 Å². The summed E-state index contributed by atoms with van der Waals surface area (Å²) in [5, 5.41) is 0.727. The average molecular weight is 355 g/mol. The Labute approximate surface area is 133 Å². The summed E-state index contributed by atoms with van der Waals surface area (Å²) >= 11 is 9.46. The second kappa shape index (κ2) is 7.67. The summed E-state index contributed by atoms with van der Waals surface area (Å²) in [5.41, 5.74) is 7.81. The molecule has 0 fully saturated rings. The van der Waals surface area contributed by atoms with E-state index in [1.54, 1.807) is 0 Å². The molecule has 2 aromatic rings. The third kappa shape index (κ3) is 4.51. The van der Waals surface area contributed by atoms with Crippen molar-refractivity contribution in [2.24, 2.45) is 5.73 Å². The van der Waals surface area contributed by atoms with E-state index in [0.29, 0.717) is 13.2 Å². The Kier molecular flexibility index (Phi) is 5.89. The van der Waals surface area contributed by atoms with Crippen LogP contribution in [0.4, 0.5) is 0 Å². The van der Waals surface area contributed by atoms with E-state index in [-0.39, 0.29) is 0 Å². The minimum absolute atomic E-state index is 0.512. The first-order chi connectivity index (χ1) is 9.69. The lowest BCUT2D eigenvalue weighted by molar-refractivity contribution is 0.302. The van der Waals surface area contributed by atoms with Gasteiger partial charge in [-0.25, -0.2) is 0 Å². The second-order valence-corrected chi connectivity index (χ2v) is 5.91. The van der Waals surface area contributed by atoms with Crippen LogP contribution < -0.4 is 10.5 Å². The summed E-state index contributed by atoms with van der Waals surface area (Å²) in [4.78, 5) is 0. The normalized spacial score (nSPS) is 10.6. The van der Waals surface area contributed by atoms with Crippen molar-refractivity contribution in [3.05, 3.63) is 63.1 Å². The lowest BCUT2D eigenvalue weighted by atomic mass is 10.1. The van der Waals surface area contributed by atoms with Crippen molar-refractivity contribution in [3.63, 3.8) is 0 Å². The van der Waals surface area contributed by atoms with Crippen molar-refractivity contribution in [2.45, 2.75) is 19.4 Å². The minimum Gasteiger partial charge on any atom is -0.489 e. The molecular formula is C16H17BrClNO. The van der Waals surface area contributed by atoms with E-state index >= 15 is 0 Å². The van der Waals surface area contributed by atoms with Crippen LogP contribution in [-0.2, 0) is 13.0 Å². The molecular weight excluding hydrogens is 338 g/mol. The van der Waals surface area contributed by atoms with Gasteiger partial charge in [0.1, 0.15) is 12.4 Å². The first-order valence-electron chi connectivity index (χ1n) is 6.55. The number of nitrogens with two attached hydrogens (primary N) is 1. The SMILES string of the molecule is NCCCc1cc(Br)ccc1OCc1cccc(Cl)c1. The highest BCUT2D eigenvalue weighted by Crippen LogP contribution is 2.25. The average Bonchev–Trinajstić information content (AvgIpc) is 2.44. The molecule has 0 spiro atoms. The predicted molar refractivity (Wildman–Crippen MR) is 87.3 cm³/mol. The van der Waals surface area contributed by atoms with Gasteiger partial charge in [0.05, 0.1) is 0 Å². The van der Waals surface area contributed by atoms with Gasteiger partial charge in [-0.05, 0) is 60.8 Å². The fraction of sp³-hybridized carbons (Fsp3) is 0.250. The van der Waals surface area contributed by atoms with Gasteiger partial charge in [-0.2, -0.15) is 0 Å². The molecule has 2 N–H and O–H groups in total. The van der Waals surface area contributed by atoms with Crippen molar-refractivity contribution in [1.29, 1.82) is 0 Å². The van der Waals surface area contributed by atoms with Crippen LogP contribution >= 0.6 is 27.5 Å². The van der Waals surface area contributed by atoms with Crippen molar-refractivity contribution >= 4 is 27.5 Å². The molecule has 0 saturated heterocycles. The van der Waals surface area contributed by atoms with E-state index in [9.17, 15) is 0 Å². The maximum Gasteiger partial charge on any atom is 0.123 e. The minimum atomic E-state index is 0.512. The summed E-state index contributed by atoms with van der Waals surface area (Å²) in [6.07, 6.45) is 1.87. The molecule has 106 valence electrons. The van der Waals surface area contributed by atoms with Crippen LogP contribution in [0.15, 0.2) is 46.9 Å². The van der Waals surface area contributed by atoms with Crippen molar-refractivity contribution in [1.82, 2.24) is 0 Å². The van der Waals surface area contributed by atoms with Crippen molar-refractivity contribution in [2.75, 3.05) is 6.54 Å². The van der Waals surface area contributed by atoms with Gasteiger partial charge in [-0.15, -0.1) is 0 Å². The lowest BCUT2D eigenvalue weighted by Crippen LogP contribution is -2.03. The number of ether oxygens (including phenoxy) is 1. The zero-order valence-corrected chi connectivity index (χ0v) is 13.5. The third-order valence-electron chi connectivity index (χ3n) is 2.96. The molecule has 0 bridgehead atoms. The van der Waals surface area contributed by atoms with Gasteiger partial charge in [0.2, 0.25) is 0 Å². The van der Waals surface area contributed by atoms with Gasteiger partial charge in [-0.1, -0.05) is 39.7 Å². The van der Waals surface area contributed by atoms with Crippen molar-refractivity contribution in [3.8, 4) is 5.75 Å². The van der Waals surface area contributed by atoms with Crippen LogP contribution in [-0.4, -0.2) is 6.54 Å². The lowest BCUT2D eigenvalue weighted by Gasteiger charge is -2.12. The fourth-order valence-electron chi connectivity index (χ4n) is 1.96. The van der Waals surface area contributed by atoms with E-state index in [4.69, 9.17) is 22.1 Å². The van der Waals surface area contributed by atoms with Gasteiger partial charge in [0.25, 0.3) is 0 Å². The zero-order chi connectivity index (χ0) is 14.4. The number of benzene rings is 2. The quantitative estimate of drug-likeness (QED) is 0.824. The molecule has 0 unspecified atom stereocenters. The fourth-order valence-corrected chi connectivity index (χ4v) is 2.59. The number of halogens is 2. The maximum absolute atomic E-state index is 5.97. The van der Waals surface area contributed by atoms with E-state index in [0.717, 1.165) is 33.6 Å². The van der Waals surface area contributed by atoms with Crippen LogP contribution in [0.5, 0.6) is 5.75 Å². The van der Waals surface area contributed by atoms with Gasteiger partial charge < -0.3 is 10.5 Å². The molecule has 0 radical (unpaired) electrons. The molecule has 0 amide bonds. The first-order valence-corrected chi connectivity index (χ1v) is 7.72. The zero-order valence-electron chi connectivity index (χ0n) is 11.1. The number of hydrogen-bond donors (Lipinski definition) is 1. The molecule has 0 aliphatic heterocycles. The van der Waals surface area contributed by atoms with Crippen molar-refractivity contribution < 1.29 is 4.74 Å². The van der Waals surface area contributed by atoms with Crippen LogP contribution in [0.3, 0.4) is 0 Å². The molecule has 0 heterocycles. The predicted octanol–water partition coefficient (Wildman–Crippen LogP) is 4.57. The van der Waals surface area contributed by atoms with Gasteiger partial charge in [0.15, 0.2) is 0 Å². The summed E-state index contributed by atoms with van der Waals surface area (Å²) in [5.74, 6) is 0.904. The molecule has 0 atom stereocenters. The van der Waals surface area contributed by atoms with E-state index < -0.39 is 0 Å². The monoisotopic (exact) mass is 353 g/mol. The van der Waals surface area contributed by atoms with Crippen LogP contribution in [0.2, 0.25) is 5.02 Å². The smallest absolute Gasteiger partial charge is 0.123 e. The molecule has 4 heteroatoms. The Balaban J connectivity index is 2.08. The molecule has 0 aliphatic rings. The molecule has 0 aromatic heterocycles. The first kappa shape index (κ1) is 15.4. The Morgan fingerprint density at radius 1 is 1.15 bits per heavy atom. The van der Waals surface area contributed by atoms with Crippen LogP contribution in [0, 0.1) is 0 Å². The number of aryl methyl sites for hydroxylation is 1. The number of hydrogen-bond acceptors (Lipinski definition) is 2. The highest BCUT2D eigenvalue weighted by atomic mass is 79.9. The Morgan fingerprint density at radius 2 is 2.00 bits per heavy atom. The number of rotatable bonds is 6. The molecule has 20 heavy (non-hydrogen) atoms. The molecule has 2 aromatic carbocycles. The van der Waals surface area contributed by atoms with Gasteiger partial charge in [-0.3, -0.25) is 0 Å². The highest BCUT2D eigenvalue weighted by molar-refractivity contribution is 9.10. The third-order valence-corrected chi connectivity index (χ3v) is 3.68. The van der Waals surface area contributed by atoms with Crippen LogP contribution in [0.1, 0.15) is 17.5 Å². The summed E-state index contributed by atoms with van der Waals surface area (Å²) < 4.78 is 6.97. The second-order valence-electron chi connectivity index (χ2n) is 4.56. The van der Waals surface area contributed by atoms with E-state index in [2.05, 4.69) is 22.0 Å². The van der Waals surface area contributed by atoms with E-state index in [1.165, 1.54) is 5.56 Å². The summed E-state index contributed by atoms with van der Waals surface area (Å²) in [7, 11) is 0. The maximum atomic E-state index is 5.97. The standard InChI is InChI=1S/C16H17BrClNO/c17-14-6-7-16(13(10-14)4-2-8-19)20-11-12-3-1-5-15(18)9-12/h1,3,5-7,9-10H,2,4,8,11,19H2. The molecule has 0 saturated carbocycles.